The van der Waals surface area contributed by atoms with E-state index in [2.05, 4.69) is 20.5 Å². The van der Waals surface area contributed by atoms with Gasteiger partial charge in [-0.3, -0.25) is 4.79 Å². The Kier molecular flexibility index (Phi) is 4.49. The predicted octanol–water partition coefficient (Wildman–Crippen LogP) is 1.25. The molecule has 102 valence electrons. The molecule has 2 aromatic heterocycles. The molecule has 0 bridgehead atoms. The first-order valence-corrected chi connectivity index (χ1v) is 6.25. The molecule has 0 radical (unpaired) electrons. The van der Waals surface area contributed by atoms with Crippen LogP contribution < -0.4 is 16.1 Å². The van der Waals surface area contributed by atoms with Gasteiger partial charge in [-0.2, -0.15) is 0 Å². The van der Waals surface area contributed by atoms with Crippen molar-refractivity contribution in [3.05, 3.63) is 58.1 Å². The second kappa shape index (κ2) is 6.31. The number of H-pyrrole nitrogens is 1. The van der Waals surface area contributed by atoms with Crippen LogP contribution in [0.3, 0.4) is 0 Å². The molecule has 20 heavy (non-hydrogen) atoms. The molecule has 0 aliphatic heterocycles. The van der Waals surface area contributed by atoms with Crippen LogP contribution in [0.2, 0.25) is 10.3 Å². The van der Waals surface area contributed by atoms with Gasteiger partial charge in [0, 0.05) is 17.7 Å². The van der Waals surface area contributed by atoms with Crippen molar-refractivity contribution >= 4 is 34.9 Å². The normalized spacial score (nSPS) is 11.2. The van der Waals surface area contributed by atoms with Gasteiger partial charge in [0.05, 0.1) is 0 Å². The molecule has 0 aromatic carbocycles. The summed E-state index contributed by atoms with van der Waals surface area (Å²) in [5.74, 6) is -0.347. The van der Waals surface area contributed by atoms with Gasteiger partial charge in [0.15, 0.2) is 6.20 Å². The molecule has 8 heteroatoms. The number of nitrogens with one attached hydrogen (secondary N) is 2. The predicted molar refractivity (Wildman–Crippen MR) is 75.4 cm³/mol. The fraction of sp³-hybridized carbons (Fsp3) is 0. The molecule has 1 amide bonds. The monoisotopic (exact) mass is 310 g/mol. The molecule has 0 unspecified atom stereocenters. The van der Waals surface area contributed by atoms with Crippen LogP contribution in [0.5, 0.6) is 0 Å². The van der Waals surface area contributed by atoms with Gasteiger partial charge in [0.25, 0.3) is 5.91 Å². The summed E-state index contributed by atoms with van der Waals surface area (Å²) in [5, 5.41) is 4.03. The molecule has 0 fully saturated rings. The molecular weight excluding hydrogens is 301 g/mol. The minimum Gasteiger partial charge on any atom is -0.377 e. The molecule has 0 spiro atoms. The number of hydrogen-bond acceptors (Lipinski definition) is 3. The quantitative estimate of drug-likeness (QED) is 0.386. The van der Waals surface area contributed by atoms with Crippen molar-refractivity contribution in [2.75, 3.05) is 0 Å². The lowest BCUT2D eigenvalue weighted by molar-refractivity contribution is -0.380. The lowest BCUT2D eigenvalue weighted by atomic mass is 10.2. The van der Waals surface area contributed by atoms with Crippen LogP contribution >= 0.6 is 23.2 Å². The van der Waals surface area contributed by atoms with Crippen LogP contribution in [0.25, 0.3) is 0 Å². The van der Waals surface area contributed by atoms with E-state index in [0.717, 1.165) is 0 Å². The number of pyridine rings is 2. The van der Waals surface area contributed by atoms with Gasteiger partial charge in [-0.05, 0) is 18.2 Å². The number of hydrazone groups is 1. The number of aromatic amines is 1. The third-order valence-corrected chi connectivity index (χ3v) is 2.68. The summed E-state index contributed by atoms with van der Waals surface area (Å²) in [4.78, 5) is 18.5. The highest BCUT2D eigenvalue weighted by molar-refractivity contribution is 6.33. The van der Waals surface area contributed by atoms with E-state index in [9.17, 15) is 4.79 Å². The SMILES string of the molecule is NC(=NNC(=O)c1cc(Cl)nc(Cl)c1)c1cccc[nH+]1. The van der Waals surface area contributed by atoms with E-state index in [-0.39, 0.29) is 21.7 Å². The molecule has 6 nitrogen and oxygen atoms in total. The average Bonchev–Trinajstić information content (AvgIpc) is 2.44. The number of carbonyl (C=O) groups is 1. The summed E-state index contributed by atoms with van der Waals surface area (Å²) in [6.07, 6.45) is 1.70. The van der Waals surface area contributed by atoms with Crippen LogP contribution in [0, 0.1) is 0 Å². The molecule has 0 aliphatic rings. The van der Waals surface area contributed by atoms with Gasteiger partial charge in [-0.15, -0.1) is 5.10 Å². The van der Waals surface area contributed by atoms with E-state index < -0.39 is 5.91 Å². The number of halogens is 2. The number of carbonyl (C=O) groups excluding carboxylic acids is 1. The van der Waals surface area contributed by atoms with Gasteiger partial charge >= 0.3 is 0 Å². The lowest BCUT2D eigenvalue weighted by Crippen LogP contribution is -2.28. The second-order valence-corrected chi connectivity index (χ2v) is 4.49. The van der Waals surface area contributed by atoms with Gasteiger partial charge in [-0.1, -0.05) is 23.2 Å². The van der Waals surface area contributed by atoms with Crippen LogP contribution in [-0.4, -0.2) is 16.7 Å². The Morgan fingerprint density at radius 1 is 1.30 bits per heavy atom. The second-order valence-electron chi connectivity index (χ2n) is 3.72. The Morgan fingerprint density at radius 2 is 2.00 bits per heavy atom. The smallest absolute Gasteiger partial charge is 0.271 e. The van der Waals surface area contributed by atoms with Crippen molar-refractivity contribution < 1.29 is 9.78 Å². The summed E-state index contributed by atoms with van der Waals surface area (Å²) >= 11 is 11.4. The van der Waals surface area contributed by atoms with Crippen LogP contribution in [0.1, 0.15) is 16.1 Å². The van der Waals surface area contributed by atoms with E-state index >= 15 is 0 Å². The number of nitrogens with two attached hydrogens (primary N) is 1. The third-order valence-electron chi connectivity index (χ3n) is 2.29. The van der Waals surface area contributed by atoms with Gasteiger partial charge in [0.2, 0.25) is 11.5 Å². The van der Waals surface area contributed by atoms with E-state index in [4.69, 9.17) is 28.9 Å². The molecular formula is C12H10Cl2N5O+. The molecule has 0 saturated carbocycles. The first-order valence-electron chi connectivity index (χ1n) is 5.50. The minimum absolute atomic E-state index is 0.121. The largest absolute Gasteiger partial charge is 0.377 e. The van der Waals surface area contributed by atoms with Crippen molar-refractivity contribution in [2.45, 2.75) is 0 Å². The maximum Gasteiger partial charge on any atom is 0.271 e. The molecule has 0 saturated heterocycles. The fourth-order valence-electron chi connectivity index (χ4n) is 1.38. The summed E-state index contributed by atoms with van der Waals surface area (Å²) in [7, 11) is 0. The number of aromatic nitrogens is 2. The van der Waals surface area contributed by atoms with Crippen LogP contribution in [-0.2, 0) is 0 Å². The summed E-state index contributed by atoms with van der Waals surface area (Å²) in [5.41, 5.74) is 8.85. The number of amidine groups is 1. The Bertz CT molecular complexity index is 640. The first-order chi connectivity index (χ1) is 9.56. The standard InChI is InChI=1S/C12H9Cl2N5O/c13-9-5-7(6-10(14)17-9)12(20)19-18-11(15)8-3-1-2-4-16-8/h1-6H,(H2,15,18)(H,19,20)/p+1. The number of amides is 1. The zero-order chi connectivity index (χ0) is 14.5. The summed E-state index contributed by atoms with van der Waals surface area (Å²) in [6, 6.07) is 8.08. The highest BCUT2D eigenvalue weighted by atomic mass is 35.5. The van der Waals surface area contributed by atoms with Crippen molar-refractivity contribution in [2.24, 2.45) is 10.8 Å². The molecule has 2 rings (SSSR count). The van der Waals surface area contributed by atoms with E-state index in [1.807, 2.05) is 0 Å². The van der Waals surface area contributed by atoms with Crippen molar-refractivity contribution in [1.29, 1.82) is 0 Å². The van der Waals surface area contributed by atoms with Gasteiger partial charge in [0.1, 0.15) is 10.3 Å². The van der Waals surface area contributed by atoms with Crippen molar-refractivity contribution in [3.8, 4) is 0 Å². The zero-order valence-corrected chi connectivity index (χ0v) is 11.6. The zero-order valence-electron chi connectivity index (χ0n) is 10.1. The Labute approximate surface area is 124 Å². The Hall–Kier alpha value is -2.18. The van der Waals surface area contributed by atoms with E-state index in [0.29, 0.717) is 5.69 Å². The molecule has 0 aliphatic carbocycles. The molecule has 0 atom stereocenters. The van der Waals surface area contributed by atoms with Crippen molar-refractivity contribution in [1.82, 2.24) is 10.4 Å². The molecule has 2 heterocycles. The highest BCUT2D eigenvalue weighted by Gasteiger charge is 2.10. The number of rotatable bonds is 3. The third kappa shape index (κ3) is 3.66. The van der Waals surface area contributed by atoms with E-state index in [1.165, 1.54) is 12.1 Å². The highest BCUT2D eigenvalue weighted by Crippen LogP contribution is 2.14. The molecule has 2 aromatic rings. The van der Waals surface area contributed by atoms with Gasteiger partial charge < -0.3 is 5.73 Å². The topological polar surface area (TPSA) is 94.5 Å². The number of hydrogen-bond donors (Lipinski definition) is 2. The first kappa shape index (κ1) is 14.2. The fourth-order valence-corrected chi connectivity index (χ4v) is 1.84. The maximum absolute atomic E-state index is 11.9. The minimum atomic E-state index is -0.491. The summed E-state index contributed by atoms with van der Waals surface area (Å²) < 4.78 is 0. The van der Waals surface area contributed by atoms with E-state index in [1.54, 1.807) is 24.4 Å². The van der Waals surface area contributed by atoms with Gasteiger partial charge in [-0.25, -0.2) is 15.4 Å². The van der Waals surface area contributed by atoms with Crippen LogP contribution in [0.15, 0.2) is 41.6 Å². The Morgan fingerprint density at radius 3 is 2.60 bits per heavy atom. The maximum atomic E-state index is 11.9. The van der Waals surface area contributed by atoms with Crippen molar-refractivity contribution in [3.63, 3.8) is 0 Å². The van der Waals surface area contributed by atoms with Crippen LogP contribution in [0.4, 0.5) is 0 Å². The Balaban J connectivity index is 2.12. The molecule has 4 N–H and O–H groups in total. The number of nitrogens with zero attached hydrogens (tertiary/aromatic N) is 2. The summed E-state index contributed by atoms with van der Waals surface area (Å²) in [6.45, 7) is 0. The lowest BCUT2D eigenvalue weighted by Gasteiger charge is -2.01. The average molecular weight is 311 g/mol.